The number of hydrogen-bond donors (Lipinski definition) is 0. The third-order valence-electron chi connectivity index (χ3n) is 4.32. The molecule has 1 rings (SSSR count). The lowest BCUT2D eigenvalue weighted by Crippen LogP contribution is -2.13. The van der Waals surface area contributed by atoms with Crippen LogP contribution in [0.4, 0.5) is 0 Å². The van der Waals surface area contributed by atoms with Crippen LogP contribution in [0, 0.1) is 0 Å². The molecule has 0 aliphatic carbocycles. The zero-order valence-corrected chi connectivity index (χ0v) is 14.8. The topological polar surface area (TPSA) is 26.3 Å². The standard InChI is InChI=1S/C21H34O2/c1-2-3-4-5-6-7-8-9-13-16-21(17-18-22)23-19-20-14-11-10-12-15-20/h10-12,14-15,18,21H,2-9,13,16-17,19H2,1H3. The molecule has 0 aliphatic rings. The van der Waals surface area contributed by atoms with Gasteiger partial charge in [0.15, 0.2) is 0 Å². The Morgan fingerprint density at radius 1 is 0.913 bits per heavy atom. The van der Waals surface area contributed by atoms with Crippen molar-refractivity contribution < 1.29 is 9.53 Å². The van der Waals surface area contributed by atoms with E-state index in [1.807, 2.05) is 18.2 Å². The van der Waals surface area contributed by atoms with Gasteiger partial charge in [-0.3, -0.25) is 0 Å². The third kappa shape index (κ3) is 11.1. The Morgan fingerprint density at radius 2 is 1.52 bits per heavy atom. The van der Waals surface area contributed by atoms with Crippen molar-refractivity contribution in [2.45, 2.75) is 90.3 Å². The van der Waals surface area contributed by atoms with Crippen molar-refractivity contribution in [2.24, 2.45) is 0 Å². The lowest BCUT2D eigenvalue weighted by atomic mass is 10.0. The first-order chi connectivity index (χ1) is 11.4. The molecule has 1 atom stereocenters. The van der Waals surface area contributed by atoms with Gasteiger partial charge in [0.25, 0.3) is 0 Å². The SMILES string of the molecule is CCCCCCCCCCCC(CC=O)OCc1ccccc1. The van der Waals surface area contributed by atoms with E-state index in [1.54, 1.807) is 0 Å². The summed E-state index contributed by atoms with van der Waals surface area (Å²) < 4.78 is 5.91. The molecule has 130 valence electrons. The summed E-state index contributed by atoms with van der Waals surface area (Å²) in [5.41, 5.74) is 1.18. The highest BCUT2D eigenvalue weighted by atomic mass is 16.5. The van der Waals surface area contributed by atoms with Crippen LogP contribution < -0.4 is 0 Å². The second-order valence-corrected chi connectivity index (χ2v) is 6.44. The van der Waals surface area contributed by atoms with E-state index >= 15 is 0 Å². The van der Waals surface area contributed by atoms with Gasteiger partial charge in [0, 0.05) is 6.42 Å². The number of ether oxygens (including phenoxy) is 1. The van der Waals surface area contributed by atoms with Crippen LogP contribution in [-0.2, 0) is 16.1 Å². The second kappa shape index (κ2) is 14.4. The van der Waals surface area contributed by atoms with Crippen LogP contribution in [0.2, 0.25) is 0 Å². The van der Waals surface area contributed by atoms with E-state index in [2.05, 4.69) is 19.1 Å². The summed E-state index contributed by atoms with van der Waals surface area (Å²) in [7, 11) is 0. The molecule has 0 spiro atoms. The van der Waals surface area contributed by atoms with Crippen LogP contribution in [0.5, 0.6) is 0 Å². The summed E-state index contributed by atoms with van der Waals surface area (Å²) in [6.07, 6.45) is 14.6. The molecule has 0 aromatic heterocycles. The molecule has 1 unspecified atom stereocenters. The van der Waals surface area contributed by atoms with Crippen molar-refractivity contribution in [1.29, 1.82) is 0 Å². The number of aldehydes is 1. The highest BCUT2D eigenvalue weighted by Gasteiger charge is 2.08. The minimum absolute atomic E-state index is 0.0808. The van der Waals surface area contributed by atoms with Crippen molar-refractivity contribution in [3.05, 3.63) is 35.9 Å². The van der Waals surface area contributed by atoms with Crippen LogP contribution in [0.3, 0.4) is 0 Å². The number of benzene rings is 1. The van der Waals surface area contributed by atoms with E-state index in [-0.39, 0.29) is 6.10 Å². The van der Waals surface area contributed by atoms with Crippen molar-refractivity contribution in [3.63, 3.8) is 0 Å². The molecule has 2 heteroatoms. The molecule has 2 nitrogen and oxygen atoms in total. The number of rotatable bonds is 15. The van der Waals surface area contributed by atoms with E-state index in [1.165, 1.54) is 63.4 Å². The van der Waals surface area contributed by atoms with Crippen molar-refractivity contribution in [1.82, 2.24) is 0 Å². The molecule has 0 amide bonds. The van der Waals surface area contributed by atoms with Gasteiger partial charge in [-0.1, -0.05) is 95.0 Å². The van der Waals surface area contributed by atoms with Crippen LogP contribution in [0.15, 0.2) is 30.3 Å². The first kappa shape index (κ1) is 19.9. The van der Waals surface area contributed by atoms with Crippen LogP contribution in [0.25, 0.3) is 0 Å². The number of carbonyl (C=O) groups is 1. The quantitative estimate of drug-likeness (QED) is 0.289. The van der Waals surface area contributed by atoms with Gasteiger partial charge in [-0.25, -0.2) is 0 Å². The zero-order chi connectivity index (χ0) is 16.6. The van der Waals surface area contributed by atoms with Gasteiger partial charge in [0.2, 0.25) is 0 Å². The predicted molar refractivity (Wildman–Crippen MR) is 97.5 cm³/mol. The molecular formula is C21H34O2. The Hall–Kier alpha value is -1.15. The minimum atomic E-state index is 0.0808. The molecule has 23 heavy (non-hydrogen) atoms. The molecular weight excluding hydrogens is 284 g/mol. The largest absolute Gasteiger partial charge is 0.373 e. The molecule has 0 saturated carbocycles. The number of unbranched alkanes of at least 4 members (excludes halogenated alkanes) is 8. The van der Waals surface area contributed by atoms with Gasteiger partial charge < -0.3 is 9.53 Å². The Kier molecular flexibility index (Phi) is 12.5. The molecule has 0 radical (unpaired) electrons. The van der Waals surface area contributed by atoms with Gasteiger partial charge in [0.05, 0.1) is 12.7 Å². The first-order valence-corrected chi connectivity index (χ1v) is 9.46. The van der Waals surface area contributed by atoms with Gasteiger partial charge in [-0.15, -0.1) is 0 Å². The minimum Gasteiger partial charge on any atom is -0.373 e. The molecule has 1 aromatic carbocycles. The number of hydrogen-bond acceptors (Lipinski definition) is 2. The van der Waals surface area contributed by atoms with E-state index < -0.39 is 0 Å². The molecule has 0 fully saturated rings. The van der Waals surface area contributed by atoms with E-state index in [0.29, 0.717) is 13.0 Å². The molecule has 0 aliphatic heterocycles. The first-order valence-electron chi connectivity index (χ1n) is 9.46. The summed E-state index contributed by atoms with van der Waals surface area (Å²) in [6.45, 7) is 2.87. The average Bonchev–Trinajstić information content (AvgIpc) is 2.59. The summed E-state index contributed by atoms with van der Waals surface area (Å²) in [5.74, 6) is 0. The Balaban J connectivity index is 2.05. The third-order valence-corrected chi connectivity index (χ3v) is 4.32. The molecule has 0 bridgehead atoms. The second-order valence-electron chi connectivity index (χ2n) is 6.44. The van der Waals surface area contributed by atoms with Gasteiger partial charge in [0.1, 0.15) is 6.29 Å². The monoisotopic (exact) mass is 318 g/mol. The summed E-state index contributed by atoms with van der Waals surface area (Å²) in [4.78, 5) is 10.8. The van der Waals surface area contributed by atoms with Crippen molar-refractivity contribution >= 4 is 6.29 Å². The van der Waals surface area contributed by atoms with Crippen LogP contribution in [-0.4, -0.2) is 12.4 Å². The Labute approximate surface area is 142 Å². The molecule has 0 N–H and O–H groups in total. The predicted octanol–water partition coefficient (Wildman–Crippen LogP) is 6.08. The van der Waals surface area contributed by atoms with E-state index in [9.17, 15) is 4.79 Å². The lowest BCUT2D eigenvalue weighted by Gasteiger charge is -2.15. The molecule has 1 aromatic rings. The van der Waals surface area contributed by atoms with Crippen molar-refractivity contribution in [3.8, 4) is 0 Å². The highest BCUT2D eigenvalue weighted by molar-refractivity contribution is 5.50. The zero-order valence-electron chi connectivity index (χ0n) is 14.8. The number of carbonyl (C=O) groups excluding carboxylic acids is 1. The highest BCUT2D eigenvalue weighted by Crippen LogP contribution is 2.15. The fourth-order valence-electron chi connectivity index (χ4n) is 2.85. The van der Waals surface area contributed by atoms with Gasteiger partial charge in [-0.2, -0.15) is 0 Å². The van der Waals surface area contributed by atoms with Gasteiger partial charge >= 0.3 is 0 Å². The fourth-order valence-corrected chi connectivity index (χ4v) is 2.85. The van der Waals surface area contributed by atoms with Crippen LogP contribution >= 0.6 is 0 Å². The van der Waals surface area contributed by atoms with E-state index in [0.717, 1.165) is 12.7 Å². The van der Waals surface area contributed by atoms with Crippen molar-refractivity contribution in [2.75, 3.05) is 0 Å². The Bertz CT molecular complexity index is 375. The summed E-state index contributed by atoms with van der Waals surface area (Å²) >= 11 is 0. The molecule has 0 heterocycles. The van der Waals surface area contributed by atoms with Crippen LogP contribution in [0.1, 0.15) is 83.1 Å². The maximum absolute atomic E-state index is 10.8. The molecule has 0 saturated heterocycles. The maximum atomic E-state index is 10.8. The summed E-state index contributed by atoms with van der Waals surface area (Å²) in [6, 6.07) is 10.2. The summed E-state index contributed by atoms with van der Waals surface area (Å²) in [5, 5.41) is 0. The Morgan fingerprint density at radius 3 is 2.13 bits per heavy atom. The smallest absolute Gasteiger partial charge is 0.122 e. The fraction of sp³-hybridized carbons (Fsp3) is 0.667. The van der Waals surface area contributed by atoms with Gasteiger partial charge in [-0.05, 0) is 12.0 Å². The average molecular weight is 319 g/mol. The van der Waals surface area contributed by atoms with E-state index in [4.69, 9.17) is 4.74 Å². The maximum Gasteiger partial charge on any atom is 0.122 e. The lowest BCUT2D eigenvalue weighted by molar-refractivity contribution is -0.110. The normalized spacial score (nSPS) is 12.2.